The van der Waals surface area contributed by atoms with Crippen molar-refractivity contribution in [2.45, 2.75) is 50.8 Å². The fraction of sp³-hybridized carbons (Fsp3) is 0.533. The van der Waals surface area contributed by atoms with E-state index in [9.17, 15) is 8.42 Å². The van der Waals surface area contributed by atoms with Gasteiger partial charge in [-0.15, -0.1) is 0 Å². The van der Waals surface area contributed by atoms with E-state index >= 15 is 0 Å². The van der Waals surface area contributed by atoms with Crippen LogP contribution in [0.3, 0.4) is 0 Å². The highest BCUT2D eigenvalue weighted by molar-refractivity contribution is 7.89. The van der Waals surface area contributed by atoms with Gasteiger partial charge in [-0.1, -0.05) is 0 Å². The number of rotatable bonds is 6. The Kier molecular flexibility index (Phi) is 4.93. The molecule has 1 atom stereocenters. The van der Waals surface area contributed by atoms with E-state index in [1.165, 1.54) is 6.20 Å². The van der Waals surface area contributed by atoms with Crippen molar-refractivity contribution in [3.63, 3.8) is 0 Å². The van der Waals surface area contributed by atoms with Crippen LogP contribution in [-0.2, 0) is 27.8 Å². The number of aromatic nitrogens is 4. The quantitative estimate of drug-likeness (QED) is 0.843. The first-order valence-corrected chi connectivity index (χ1v) is 9.45. The molecule has 1 saturated heterocycles. The number of ether oxygens (including phenoxy) is 1. The van der Waals surface area contributed by atoms with Crippen LogP contribution in [0.5, 0.6) is 0 Å². The Balaban J connectivity index is 1.72. The summed E-state index contributed by atoms with van der Waals surface area (Å²) >= 11 is 0. The molecule has 1 fully saturated rings. The minimum Gasteiger partial charge on any atom is -0.370 e. The molecule has 0 aliphatic carbocycles. The molecule has 0 unspecified atom stereocenters. The van der Waals surface area contributed by atoms with Crippen molar-refractivity contribution in [1.82, 2.24) is 24.5 Å². The number of nitrogens with one attached hydrogen (secondary N) is 1. The summed E-state index contributed by atoms with van der Waals surface area (Å²) in [6.45, 7) is 5.09. The van der Waals surface area contributed by atoms with E-state index < -0.39 is 10.0 Å². The molecule has 0 spiro atoms. The standard InChI is InChI=1S/C15H21N5O3S/c1-3-20-11(2)14(10-17-20)24(21,22)18-9-12-6-7-16-15(19-12)13-5-4-8-23-13/h6-7,10,13,18H,3-5,8-9H2,1-2H3/t13-/m0/s1. The smallest absolute Gasteiger partial charge is 0.244 e. The van der Waals surface area contributed by atoms with Gasteiger partial charge in [0.25, 0.3) is 0 Å². The van der Waals surface area contributed by atoms with Gasteiger partial charge in [-0.2, -0.15) is 5.10 Å². The van der Waals surface area contributed by atoms with Crippen LogP contribution < -0.4 is 4.72 Å². The fourth-order valence-electron chi connectivity index (χ4n) is 2.71. The van der Waals surface area contributed by atoms with Crippen LogP contribution in [0.15, 0.2) is 23.4 Å². The first-order valence-electron chi connectivity index (χ1n) is 7.96. The monoisotopic (exact) mass is 351 g/mol. The maximum atomic E-state index is 12.5. The van der Waals surface area contributed by atoms with Crippen LogP contribution in [-0.4, -0.2) is 34.8 Å². The van der Waals surface area contributed by atoms with Crippen LogP contribution in [0.2, 0.25) is 0 Å². The van der Waals surface area contributed by atoms with Gasteiger partial charge in [0.15, 0.2) is 5.82 Å². The summed E-state index contributed by atoms with van der Waals surface area (Å²) in [5.74, 6) is 0.610. The lowest BCUT2D eigenvalue weighted by Crippen LogP contribution is -2.24. The first-order chi connectivity index (χ1) is 11.5. The number of aryl methyl sites for hydroxylation is 1. The van der Waals surface area contributed by atoms with E-state index in [1.54, 1.807) is 23.9 Å². The summed E-state index contributed by atoms with van der Waals surface area (Å²) in [6.07, 6.45) is 4.80. The van der Waals surface area contributed by atoms with E-state index in [-0.39, 0.29) is 17.5 Å². The molecule has 9 heteroatoms. The summed E-state index contributed by atoms with van der Waals surface area (Å²) < 4.78 is 34.7. The molecule has 0 saturated carbocycles. The molecular formula is C15H21N5O3S. The van der Waals surface area contributed by atoms with Crippen LogP contribution >= 0.6 is 0 Å². The molecule has 0 radical (unpaired) electrons. The predicted octanol–water partition coefficient (Wildman–Crippen LogP) is 1.33. The maximum absolute atomic E-state index is 12.5. The summed E-state index contributed by atoms with van der Waals surface area (Å²) in [7, 11) is -3.64. The van der Waals surface area contributed by atoms with Gasteiger partial charge >= 0.3 is 0 Å². The topological polar surface area (TPSA) is 99.0 Å². The second-order valence-electron chi connectivity index (χ2n) is 5.64. The maximum Gasteiger partial charge on any atom is 0.244 e. The highest BCUT2D eigenvalue weighted by Crippen LogP contribution is 2.25. The molecule has 130 valence electrons. The first kappa shape index (κ1) is 17.0. The van der Waals surface area contributed by atoms with Crippen LogP contribution in [0.25, 0.3) is 0 Å². The van der Waals surface area contributed by atoms with Crippen molar-refractivity contribution in [1.29, 1.82) is 0 Å². The molecule has 24 heavy (non-hydrogen) atoms. The Bertz CT molecular complexity index is 812. The molecule has 1 N–H and O–H groups in total. The van der Waals surface area contributed by atoms with Gasteiger partial charge in [0.2, 0.25) is 10.0 Å². The van der Waals surface area contributed by atoms with Gasteiger partial charge in [0.05, 0.1) is 24.1 Å². The molecule has 0 bridgehead atoms. The van der Waals surface area contributed by atoms with Crippen molar-refractivity contribution in [3.05, 3.63) is 35.7 Å². The average Bonchev–Trinajstić information content (AvgIpc) is 3.23. The molecule has 0 aromatic carbocycles. The summed E-state index contributed by atoms with van der Waals surface area (Å²) in [5, 5.41) is 4.08. The zero-order chi connectivity index (χ0) is 17.2. The molecule has 3 heterocycles. The lowest BCUT2D eigenvalue weighted by Gasteiger charge is -2.10. The van der Waals surface area contributed by atoms with Crippen molar-refractivity contribution in [2.75, 3.05) is 6.61 Å². The molecule has 3 rings (SSSR count). The molecule has 1 aliphatic rings. The second kappa shape index (κ2) is 6.96. The summed E-state index contributed by atoms with van der Waals surface area (Å²) in [6, 6.07) is 1.70. The average molecular weight is 351 g/mol. The van der Waals surface area contributed by atoms with E-state index in [1.807, 2.05) is 6.92 Å². The third-order valence-electron chi connectivity index (χ3n) is 4.04. The van der Waals surface area contributed by atoms with E-state index in [0.717, 1.165) is 12.8 Å². The molecular weight excluding hydrogens is 330 g/mol. The lowest BCUT2D eigenvalue weighted by atomic mass is 10.2. The minimum absolute atomic E-state index is 0.0911. The van der Waals surface area contributed by atoms with Crippen molar-refractivity contribution >= 4 is 10.0 Å². The highest BCUT2D eigenvalue weighted by Gasteiger charge is 2.22. The molecule has 0 amide bonds. The summed E-state index contributed by atoms with van der Waals surface area (Å²) in [5.41, 5.74) is 1.23. The Morgan fingerprint density at radius 3 is 2.96 bits per heavy atom. The number of nitrogens with zero attached hydrogens (tertiary/aromatic N) is 4. The summed E-state index contributed by atoms with van der Waals surface area (Å²) in [4.78, 5) is 8.83. The van der Waals surface area contributed by atoms with Crippen LogP contribution in [0, 0.1) is 6.92 Å². The largest absolute Gasteiger partial charge is 0.370 e. The number of sulfonamides is 1. The Morgan fingerprint density at radius 1 is 1.46 bits per heavy atom. The third-order valence-corrected chi connectivity index (χ3v) is 5.54. The van der Waals surface area contributed by atoms with Gasteiger partial charge in [-0.05, 0) is 32.8 Å². The predicted molar refractivity (Wildman–Crippen MR) is 86.6 cm³/mol. The second-order valence-corrected chi connectivity index (χ2v) is 7.38. The molecule has 8 nitrogen and oxygen atoms in total. The Labute approximate surface area is 141 Å². The third kappa shape index (κ3) is 3.47. The van der Waals surface area contributed by atoms with Gasteiger partial charge in [-0.25, -0.2) is 23.1 Å². The van der Waals surface area contributed by atoms with E-state index in [4.69, 9.17) is 4.74 Å². The van der Waals surface area contributed by atoms with Crippen molar-refractivity contribution in [2.24, 2.45) is 0 Å². The van der Waals surface area contributed by atoms with Crippen LogP contribution in [0.1, 0.15) is 43.1 Å². The van der Waals surface area contributed by atoms with Crippen LogP contribution in [0.4, 0.5) is 0 Å². The van der Waals surface area contributed by atoms with Crippen molar-refractivity contribution < 1.29 is 13.2 Å². The molecule has 2 aromatic rings. The Hall–Kier alpha value is -1.84. The molecule has 1 aliphatic heterocycles. The minimum atomic E-state index is -3.64. The fourth-order valence-corrected chi connectivity index (χ4v) is 3.88. The van der Waals surface area contributed by atoms with Gasteiger partial charge in [0.1, 0.15) is 11.0 Å². The van der Waals surface area contributed by atoms with Gasteiger partial charge in [-0.3, -0.25) is 4.68 Å². The SMILES string of the molecule is CCn1ncc(S(=O)(=O)NCc2ccnc([C@@H]3CCCO3)n2)c1C. The Morgan fingerprint density at radius 2 is 2.29 bits per heavy atom. The van der Waals surface area contributed by atoms with E-state index in [2.05, 4.69) is 19.8 Å². The van der Waals surface area contributed by atoms with E-state index in [0.29, 0.717) is 30.4 Å². The van der Waals surface area contributed by atoms with Crippen molar-refractivity contribution in [3.8, 4) is 0 Å². The number of hydrogen-bond donors (Lipinski definition) is 1. The molecule has 2 aromatic heterocycles. The normalized spacial score (nSPS) is 18.2. The lowest BCUT2D eigenvalue weighted by molar-refractivity contribution is 0.105. The van der Waals surface area contributed by atoms with Gasteiger partial charge < -0.3 is 4.74 Å². The number of hydrogen-bond acceptors (Lipinski definition) is 6. The highest BCUT2D eigenvalue weighted by atomic mass is 32.2. The zero-order valence-electron chi connectivity index (χ0n) is 13.8. The zero-order valence-corrected chi connectivity index (χ0v) is 14.6. The van der Waals surface area contributed by atoms with Gasteiger partial charge in [0, 0.05) is 19.3 Å².